The Morgan fingerprint density at radius 1 is 1.30 bits per heavy atom. The lowest BCUT2D eigenvalue weighted by Crippen LogP contribution is -2.41. The van der Waals surface area contributed by atoms with Crippen LogP contribution in [0.4, 0.5) is 13.2 Å². The molecule has 2 fully saturated rings. The van der Waals surface area contributed by atoms with Gasteiger partial charge in [0.05, 0.1) is 6.54 Å². The van der Waals surface area contributed by atoms with E-state index in [0.29, 0.717) is 11.8 Å². The van der Waals surface area contributed by atoms with Crippen LogP contribution in [0.3, 0.4) is 0 Å². The molecular weight excluding hydrogens is 295 g/mol. The van der Waals surface area contributed by atoms with Crippen LogP contribution in [0.1, 0.15) is 19.3 Å². The number of carbonyl (C=O) groups is 1. The average Bonchev–Trinajstić information content (AvgIpc) is 2.69. The molecule has 1 saturated heterocycles. The third kappa shape index (κ3) is 4.79. The summed E-state index contributed by atoms with van der Waals surface area (Å²) in [6.07, 6.45) is -1.12. The maximum absolute atomic E-state index is 12.0. The summed E-state index contributed by atoms with van der Waals surface area (Å²) in [5.41, 5.74) is 6.05. The lowest BCUT2D eigenvalue weighted by molar-refractivity contribution is -0.138. The van der Waals surface area contributed by atoms with Crippen molar-refractivity contribution in [3.05, 3.63) is 0 Å². The first-order chi connectivity index (χ1) is 8.85. The Bertz CT molecular complexity index is 340. The van der Waals surface area contributed by atoms with Gasteiger partial charge in [0.25, 0.3) is 0 Å². The first-order valence-electron chi connectivity index (χ1n) is 6.66. The van der Waals surface area contributed by atoms with Crippen molar-refractivity contribution in [3.8, 4) is 0 Å². The predicted molar refractivity (Wildman–Crippen MR) is 71.6 cm³/mol. The Morgan fingerprint density at radius 3 is 2.60 bits per heavy atom. The maximum atomic E-state index is 12.0. The van der Waals surface area contributed by atoms with Gasteiger partial charge in [0.2, 0.25) is 5.91 Å². The number of amides is 1. The number of hydrogen-bond donors (Lipinski definition) is 2. The highest BCUT2D eigenvalue weighted by atomic mass is 35.5. The second-order valence-corrected chi connectivity index (χ2v) is 5.60. The van der Waals surface area contributed by atoms with Gasteiger partial charge in [0.1, 0.15) is 6.54 Å². The third-order valence-electron chi connectivity index (χ3n) is 4.08. The summed E-state index contributed by atoms with van der Waals surface area (Å²) in [4.78, 5) is 13.4. The Hall–Kier alpha value is -0.530. The van der Waals surface area contributed by atoms with Crippen molar-refractivity contribution < 1.29 is 18.0 Å². The normalized spacial score (nSPS) is 30.5. The molecule has 1 aliphatic carbocycles. The molecule has 1 saturated carbocycles. The van der Waals surface area contributed by atoms with E-state index in [1.54, 1.807) is 0 Å². The molecule has 0 aromatic heterocycles. The van der Waals surface area contributed by atoms with Crippen molar-refractivity contribution >= 4 is 18.3 Å². The van der Waals surface area contributed by atoms with Crippen LogP contribution in [-0.4, -0.2) is 49.2 Å². The Balaban J connectivity index is 0.00000200. The zero-order valence-corrected chi connectivity index (χ0v) is 12.0. The molecule has 1 heterocycles. The molecule has 1 aliphatic heterocycles. The number of likely N-dealkylation sites (tertiary alicyclic amines) is 1. The van der Waals surface area contributed by atoms with E-state index in [1.807, 2.05) is 10.2 Å². The SMILES string of the molecule is Cl.NC1CCCC2CN(CC(=O)NCC(F)(F)F)CC12. The monoisotopic (exact) mass is 315 g/mol. The van der Waals surface area contributed by atoms with Gasteiger partial charge in [-0.05, 0) is 24.7 Å². The van der Waals surface area contributed by atoms with E-state index in [1.165, 1.54) is 0 Å². The van der Waals surface area contributed by atoms with Crippen LogP contribution in [-0.2, 0) is 4.79 Å². The van der Waals surface area contributed by atoms with E-state index in [-0.39, 0.29) is 25.0 Å². The highest BCUT2D eigenvalue weighted by Gasteiger charge is 2.39. The van der Waals surface area contributed by atoms with E-state index >= 15 is 0 Å². The minimum Gasteiger partial charge on any atom is -0.346 e. The van der Waals surface area contributed by atoms with Gasteiger partial charge in [-0.3, -0.25) is 9.69 Å². The maximum Gasteiger partial charge on any atom is 0.405 e. The van der Waals surface area contributed by atoms with Crippen LogP contribution in [0.25, 0.3) is 0 Å². The zero-order valence-electron chi connectivity index (χ0n) is 11.2. The van der Waals surface area contributed by atoms with Crippen LogP contribution in [0.2, 0.25) is 0 Å². The molecule has 3 N–H and O–H groups in total. The van der Waals surface area contributed by atoms with Gasteiger partial charge >= 0.3 is 6.18 Å². The standard InChI is InChI=1S/C12H20F3N3O.ClH/c13-12(14,15)7-17-11(19)6-18-4-8-2-1-3-10(16)9(8)5-18;/h8-10H,1-7,16H2,(H,17,19);1H. The predicted octanol–water partition coefficient (Wildman–Crippen LogP) is 1.15. The summed E-state index contributed by atoms with van der Waals surface area (Å²) in [6, 6.07) is 0.169. The molecule has 1 amide bonds. The van der Waals surface area contributed by atoms with Crippen LogP contribution in [0.5, 0.6) is 0 Å². The number of rotatable bonds is 3. The second kappa shape index (κ2) is 6.95. The summed E-state index contributed by atoms with van der Waals surface area (Å²) in [6.45, 7) is 0.283. The topological polar surface area (TPSA) is 58.4 Å². The minimum atomic E-state index is -4.35. The van der Waals surface area contributed by atoms with Crippen LogP contribution in [0.15, 0.2) is 0 Å². The van der Waals surface area contributed by atoms with Gasteiger partial charge < -0.3 is 11.1 Å². The Labute approximate surface area is 122 Å². The van der Waals surface area contributed by atoms with Crippen molar-refractivity contribution in [2.24, 2.45) is 17.6 Å². The van der Waals surface area contributed by atoms with Crippen molar-refractivity contribution in [2.45, 2.75) is 31.5 Å². The number of fused-ring (bicyclic) bond motifs is 1. The van der Waals surface area contributed by atoms with Crippen LogP contribution < -0.4 is 11.1 Å². The fourth-order valence-electron chi connectivity index (χ4n) is 3.20. The molecule has 3 unspecified atom stereocenters. The Morgan fingerprint density at radius 2 is 2.00 bits per heavy atom. The van der Waals surface area contributed by atoms with Gasteiger partial charge in [-0.1, -0.05) is 6.42 Å². The number of nitrogens with two attached hydrogens (primary N) is 1. The number of nitrogens with one attached hydrogen (secondary N) is 1. The van der Waals surface area contributed by atoms with E-state index in [2.05, 4.69) is 0 Å². The molecule has 0 spiro atoms. The number of alkyl halides is 3. The van der Waals surface area contributed by atoms with Crippen molar-refractivity contribution in [2.75, 3.05) is 26.2 Å². The van der Waals surface area contributed by atoms with E-state index in [0.717, 1.165) is 32.4 Å². The highest BCUT2D eigenvalue weighted by Crippen LogP contribution is 2.35. The minimum absolute atomic E-state index is 0. The van der Waals surface area contributed by atoms with Gasteiger partial charge in [0.15, 0.2) is 0 Å². The largest absolute Gasteiger partial charge is 0.405 e. The van der Waals surface area contributed by atoms with Crippen molar-refractivity contribution in [1.29, 1.82) is 0 Å². The fourth-order valence-corrected chi connectivity index (χ4v) is 3.20. The molecule has 2 aliphatic rings. The second-order valence-electron chi connectivity index (χ2n) is 5.60. The number of halogens is 4. The molecule has 20 heavy (non-hydrogen) atoms. The molecule has 8 heteroatoms. The quantitative estimate of drug-likeness (QED) is 0.821. The molecule has 2 rings (SSSR count). The summed E-state index contributed by atoms with van der Waals surface area (Å²) in [5, 5.41) is 1.91. The molecular formula is C12H21ClF3N3O. The molecule has 0 aromatic carbocycles. The first kappa shape index (κ1) is 17.5. The third-order valence-corrected chi connectivity index (χ3v) is 4.08. The van der Waals surface area contributed by atoms with Crippen molar-refractivity contribution in [1.82, 2.24) is 10.2 Å². The molecule has 0 radical (unpaired) electrons. The lowest BCUT2D eigenvalue weighted by atomic mass is 9.78. The summed E-state index contributed by atoms with van der Waals surface area (Å²) in [7, 11) is 0. The first-order valence-corrected chi connectivity index (χ1v) is 6.66. The van der Waals surface area contributed by atoms with E-state index < -0.39 is 18.6 Å². The number of carbonyl (C=O) groups excluding carboxylic acids is 1. The smallest absolute Gasteiger partial charge is 0.346 e. The van der Waals surface area contributed by atoms with Gasteiger partial charge in [-0.25, -0.2) is 0 Å². The number of hydrogen-bond acceptors (Lipinski definition) is 3. The van der Waals surface area contributed by atoms with Crippen LogP contribution >= 0.6 is 12.4 Å². The zero-order chi connectivity index (χ0) is 14.0. The van der Waals surface area contributed by atoms with E-state index in [9.17, 15) is 18.0 Å². The molecule has 0 bridgehead atoms. The summed E-state index contributed by atoms with van der Waals surface area (Å²) in [5.74, 6) is 0.327. The van der Waals surface area contributed by atoms with Gasteiger partial charge in [-0.2, -0.15) is 13.2 Å². The average molecular weight is 316 g/mol. The van der Waals surface area contributed by atoms with Gasteiger partial charge in [-0.15, -0.1) is 12.4 Å². The number of nitrogens with zero attached hydrogens (tertiary/aromatic N) is 1. The van der Waals surface area contributed by atoms with Gasteiger partial charge in [0, 0.05) is 19.1 Å². The fraction of sp³-hybridized carbons (Fsp3) is 0.917. The molecule has 0 aromatic rings. The van der Waals surface area contributed by atoms with Crippen LogP contribution in [0, 0.1) is 11.8 Å². The molecule has 3 atom stereocenters. The highest BCUT2D eigenvalue weighted by molar-refractivity contribution is 5.85. The molecule has 118 valence electrons. The van der Waals surface area contributed by atoms with E-state index in [4.69, 9.17) is 5.73 Å². The lowest BCUT2D eigenvalue weighted by Gasteiger charge is -2.29. The van der Waals surface area contributed by atoms with Crippen molar-refractivity contribution in [3.63, 3.8) is 0 Å². The molecule has 4 nitrogen and oxygen atoms in total. The Kier molecular flexibility index (Phi) is 6.09. The summed E-state index contributed by atoms with van der Waals surface area (Å²) < 4.78 is 35.9. The summed E-state index contributed by atoms with van der Waals surface area (Å²) >= 11 is 0.